The number of hydrogen-bond donors (Lipinski definition) is 1. The molecule has 182 valence electrons. The number of halogens is 1. The van der Waals surface area contributed by atoms with E-state index in [0.29, 0.717) is 53.6 Å². The molecule has 0 saturated carbocycles. The first-order valence-corrected chi connectivity index (χ1v) is 11.8. The summed E-state index contributed by atoms with van der Waals surface area (Å²) >= 11 is 6.26. The van der Waals surface area contributed by atoms with Gasteiger partial charge < -0.3 is 19.1 Å². The summed E-state index contributed by atoms with van der Waals surface area (Å²) in [6.07, 6.45) is 2.64. The van der Waals surface area contributed by atoms with E-state index in [-0.39, 0.29) is 23.5 Å². The smallest absolute Gasteiger partial charge is 0.410 e. The number of carbonyl (C=O) groups is 1. The number of likely N-dealkylation sites (tertiary alicyclic amines) is 1. The fourth-order valence-electron chi connectivity index (χ4n) is 4.23. The van der Waals surface area contributed by atoms with Gasteiger partial charge in [0.25, 0.3) is 11.4 Å². The van der Waals surface area contributed by atoms with Crippen LogP contribution in [0.3, 0.4) is 0 Å². The summed E-state index contributed by atoms with van der Waals surface area (Å²) in [5.41, 5.74) is 1.60. The Morgan fingerprint density at radius 2 is 1.94 bits per heavy atom. The first-order chi connectivity index (χ1) is 16.7. The number of H-pyrrole nitrogens is 1. The number of aromatic nitrogens is 5. The molecule has 1 amide bonds. The van der Waals surface area contributed by atoms with E-state index in [2.05, 4.69) is 20.2 Å². The summed E-state index contributed by atoms with van der Waals surface area (Å²) in [6.45, 7) is 6.61. The Morgan fingerprint density at radius 3 is 2.66 bits per heavy atom. The lowest BCUT2D eigenvalue weighted by Gasteiger charge is -2.33. The third-order valence-electron chi connectivity index (χ3n) is 5.87. The largest absolute Gasteiger partial charge is 0.444 e. The highest BCUT2D eigenvalue weighted by molar-refractivity contribution is 6.33. The lowest BCUT2D eigenvalue weighted by molar-refractivity contribution is 0.0203. The van der Waals surface area contributed by atoms with Crippen LogP contribution >= 0.6 is 11.6 Å². The maximum Gasteiger partial charge on any atom is 0.410 e. The number of aromatic amines is 1. The standard InChI is InChI=1S/C24H25ClN6O4/c1-24(2,3)34-23(33)30-10-8-14(9-11-30)18-12-19(32)27-21-16(13-26-31(18)21)22-28-20(29-35-22)15-6-4-5-7-17(15)25/h4-7,12-14H,8-11H2,1-3H3,(H,27,32). The average molecular weight is 497 g/mol. The van der Waals surface area contributed by atoms with Crippen molar-refractivity contribution in [3.05, 3.63) is 57.6 Å². The van der Waals surface area contributed by atoms with Crippen LogP contribution in [0.1, 0.15) is 45.2 Å². The summed E-state index contributed by atoms with van der Waals surface area (Å²) in [5.74, 6) is 0.619. The van der Waals surface area contributed by atoms with Gasteiger partial charge in [-0.25, -0.2) is 9.31 Å². The highest BCUT2D eigenvalue weighted by Gasteiger charge is 2.29. The van der Waals surface area contributed by atoms with Crippen LogP contribution in [0.5, 0.6) is 0 Å². The number of nitrogens with zero attached hydrogens (tertiary/aromatic N) is 5. The van der Waals surface area contributed by atoms with Gasteiger partial charge in [0.15, 0.2) is 0 Å². The molecule has 1 fully saturated rings. The van der Waals surface area contributed by atoms with Crippen molar-refractivity contribution in [3.63, 3.8) is 0 Å². The molecule has 4 aromatic rings. The molecule has 0 aliphatic carbocycles. The van der Waals surface area contributed by atoms with E-state index in [1.165, 1.54) is 0 Å². The number of carbonyl (C=O) groups excluding carboxylic acids is 1. The zero-order chi connectivity index (χ0) is 24.7. The fraction of sp³-hybridized carbons (Fsp3) is 0.375. The van der Waals surface area contributed by atoms with Crippen LogP contribution in [-0.2, 0) is 4.74 Å². The van der Waals surface area contributed by atoms with E-state index in [1.807, 2.05) is 32.9 Å². The molecule has 4 heterocycles. The molecule has 0 radical (unpaired) electrons. The molecule has 11 heteroatoms. The molecular weight excluding hydrogens is 472 g/mol. The minimum Gasteiger partial charge on any atom is -0.444 e. The van der Waals surface area contributed by atoms with E-state index < -0.39 is 5.60 Å². The van der Waals surface area contributed by atoms with Crippen LogP contribution in [0.25, 0.3) is 28.5 Å². The van der Waals surface area contributed by atoms with Gasteiger partial charge in [-0.1, -0.05) is 28.9 Å². The second kappa shape index (κ2) is 8.84. The summed E-state index contributed by atoms with van der Waals surface area (Å²) in [7, 11) is 0. The van der Waals surface area contributed by atoms with Gasteiger partial charge in [-0.3, -0.25) is 4.79 Å². The van der Waals surface area contributed by atoms with E-state index in [1.54, 1.807) is 33.8 Å². The highest BCUT2D eigenvalue weighted by Crippen LogP contribution is 2.32. The number of hydrogen-bond acceptors (Lipinski definition) is 7. The Morgan fingerprint density at radius 1 is 1.20 bits per heavy atom. The third-order valence-corrected chi connectivity index (χ3v) is 6.20. The monoisotopic (exact) mass is 496 g/mol. The van der Waals surface area contributed by atoms with Crippen molar-refractivity contribution in [1.29, 1.82) is 0 Å². The molecule has 10 nitrogen and oxygen atoms in total. The van der Waals surface area contributed by atoms with Crippen LogP contribution in [-0.4, -0.2) is 54.4 Å². The molecule has 1 aliphatic heterocycles. The molecule has 0 spiro atoms. The summed E-state index contributed by atoms with van der Waals surface area (Å²) in [5, 5.41) is 9.05. The zero-order valence-corrected chi connectivity index (χ0v) is 20.4. The van der Waals surface area contributed by atoms with Crippen LogP contribution < -0.4 is 5.56 Å². The number of amides is 1. The molecule has 1 saturated heterocycles. The zero-order valence-electron chi connectivity index (χ0n) is 19.6. The van der Waals surface area contributed by atoms with Gasteiger partial charge in [-0.15, -0.1) is 0 Å². The summed E-state index contributed by atoms with van der Waals surface area (Å²) < 4.78 is 12.7. The van der Waals surface area contributed by atoms with Gasteiger partial charge in [0.2, 0.25) is 5.82 Å². The van der Waals surface area contributed by atoms with Crippen molar-refractivity contribution >= 4 is 23.3 Å². The molecule has 0 bridgehead atoms. The van der Waals surface area contributed by atoms with Crippen molar-refractivity contribution in [1.82, 2.24) is 29.6 Å². The number of ether oxygens (including phenoxy) is 1. The molecular formula is C24H25ClN6O4. The van der Waals surface area contributed by atoms with Crippen LogP contribution in [0.2, 0.25) is 5.02 Å². The Kier molecular flexibility index (Phi) is 5.84. The average Bonchev–Trinajstić information content (AvgIpc) is 3.45. The lowest BCUT2D eigenvalue weighted by atomic mass is 9.93. The van der Waals surface area contributed by atoms with Crippen LogP contribution in [0.15, 0.2) is 45.8 Å². The topological polar surface area (TPSA) is 119 Å². The lowest BCUT2D eigenvalue weighted by Crippen LogP contribution is -2.41. The van der Waals surface area contributed by atoms with Gasteiger partial charge in [-0.05, 0) is 45.7 Å². The Balaban J connectivity index is 1.41. The van der Waals surface area contributed by atoms with Crippen LogP contribution in [0.4, 0.5) is 4.79 Å². The van der Waals surface area contributed by atoms with Crippen molar-refractivity contribution in [3.8, 4) is 22.8 Å². The minimum absolute atomic E-state index is 0.0487. The second-order valence-electron chi connectivity index (χ2n) is 9.52. The number of rotatable bonds is 3. The quantitative estimate of drug-likeness (QED) is 0.443. The van der Waals surface area contributed by atoms with Gasteiger partial charge >= 0.3 is 6.09 Å². The normalized spacial score (nSPS) is 15.0. The Bertz CT molecular complexity index is 1440. The fourth-order valence-corrected chi connectivity index (χ4v) is 4.45. The predicted molar refractivity (Wildman–Crippen MR) is 129 cm³/mol. The molecule has 0 unspecified atom stereocenters. The van der Waals surface area contributed by atoms with Crippen molar-refractivity contribution < 1.29 is 14.1 Å². The molecule has 1 aromatic carbocycles. The van der Waals surface area contributed by atoms with Gasteiger partial charge in [0.05, 0.1) is 16.9 Å². The van der Waals surface area contributed by atoms with Crippen LogP contribution in [0, 0.1) is 0 Å². The SMILES string of the molecule is CC(C)(C)OC(=O)N1CCC(c2cc(=O)[nH]c3c(-c4nc(-c5ccccc5Cl)no4)cnn23)CC1. The first-order valence-electron chi connectivity index (χ1n) is 11.4. The number of benzene rings is 1. The molecule has 0 atom stereocenters. The van der Waals surface area contributed by atoms with Crippen molar-refractivity contribution in [2.24, 2.45) is 0 Å². The second-order valence-corrected chi connectivity index (χ2v) is 9.93. The molecule has 3 aromatic heterocycles. The van der Waals surface area contributed by atoms with Gasteiger partial charge in [0, 0.05) is 30.6 Å². The van der Waals surface area contributed by atoms with Crippen molar-refractivity contribution in [2.75, 3.05) is 13.1 Å². The summed E-state index contributed by atoms with van der Waals surface area (Å²) in [6, 6.07) is 8.77. The maximum absolute atomic E-state index is 12.6. The number of piperidine rings is 1. The predicted octanol–water partition coefficient (Wildman–Crippen LogP) is 4.51. The highest BCUT2D eigenvalue weighted by atomic mass is 35.5. The maximum atomic E-state index is 12.6. The summed E-state index contributed by atoms with van der Waals surface area (Å²) in [4.78, 5) is 34.0. The van der Waals surface area contributed by atoms with E-state index in [0.717, 1.165) is 5.69 Å². The van der Waals surface area contributed by atoms with Gasteiger partial charge in [0.1, 0.15) is 16.8 Å². The van der Waals surface area contributed by atoms with E-state index in [4.69, 9.17) is 20.9 Å². The minimum atomic E-state index is -0.543. The molecule has 1 N–H and O–H groups in total. The van der Waals surface area contributed by atoms with Crippen molar-refractivity contribution in [2.45, 2.75) is 45.1 Å². The Hall–Kier alpha value is -3.66. The molecule has 35 heavy (non-hydrogen) atoms. The van der Waals surface area contributed by atoms with E-state index in [9.17, 15) is 9.59 Å². The van der Waals surface area contributed by atoms with Gasteiger partial charge in [-0.2, -0.15) is 10.1 Å². The Labute approximate surface area is 205 Å². The molecule has 1 aliphatic rings. The molecule has 5 rings (SSSR count). The van der Waals surface area contributed by atoms with E-state index >= 15 is 0 Å². The first kappa shape index (κ1) is 23.1. The number of nitrogens with one attached hydrogen (secondary N) is 1. The third kappa shape index (κ3) is 4.66. The number of fused-ring (bicyclic) bond motifs is 1.